The zero-order valence-electron chi connectivity index (χ0n) is 18.3. The molecule has 0 aromatic heterocycles. The van der Waals surface area contributed by atoms with Gasteiger partial charge in [0.15, 0.2) is 5.78 Å². The van der Waals surface area contributed by atoms with Gasteiger partial charge in [0, 0.05) is 40.6 Å². The van der Waals surface area contributed by atoms with Gasteiger partial charge in [0.1, 0.15) is 6.54 Å². The van der Waals surface area contributed by atoms with Crippen LogP contribution in [0.4, 0.5) is 5.69 Å². The predicted octanol–water partition coefficient (Wildman–Crippen LogP) is 7.49. The summed E-state index contributed by atoms with van der Waals surface area (Å²) in [6, 6.07) is 8.66. The molecule has 1 aliphatic rings. The normalized spacial score (nSPS) is 12.5. The van der Waals surface area contributed by atoms with Crippen molar-refractivity contribution >= 4 is 116 Å². The van der Waals surface area contributed by atoms with Gasteiger partial charge in [-0.1, -0.05) is 23.2 Å². The van der Waals surface area contributed by atoms with Gasteiger partial charge in [-0.25, -0.2) is 5.01 Å². The lowest BCUT2D eigenvalue weighted by atomic mass is 10.1. The first-order valence-corrected chi connectivity index (χ1v) is 14.1. The molecule has 0 saturated carbocycles. The standard InChI is InChI=1S/C23H9Br4Cl2N3O6/c24-17-15-16(18(25)20(27)19(17)26)23(36)31(22(15)35)30(21(34)12-6-3-10(28)7-13(12)29)8-14(33)9-1-4-11(5-2-9)32(37)38/h1-7H,8H2. The fraction of sp³-hybridized carbons (Fsp3) is 0.0435. The summed E-state index contributed by atoms with van der Waals surface area (Å²) in [6.45, 7) is -0.765. The first kappa shape index (κ1) is 28.8. The average molecular weight is 814 g/mol. The summed E-state index contributed by atoms with van der Waals surface area (Å²) >= 11 is 25.5. The molecule has 15 heteroatoms. The number of hydrazine groups is 1. The maximum absolute atomic E-state index is 13.7. The Morgan fingerprint density at radius 2 is 1.39 bits per heavy atom. The molecule has 1 aliphatic heterocycles. The van der Waals surface area contributed by atoms with Gasteiger partial charge < -0.3 is 0 Å². The Hall–Kier alpha value is -2.16. The Morgan fingerprint density at radius 1 is 0.868 bits per heavy atom. The lowest BCUT2D eigenvalue weighted by molar-refractivity contribution is -0.384. The van der Waals surface area contributed by atoms with E-state index in [1.165, 1.54) is 30.3 Å². The van der Waals surface area contributed by atoms with E-state index in [0.717, 1.165) is 12.1 Å². The molecule has 3 amide bonds. The first-order valence-electron chi connectivity index (χ1n) is 10.1. The zero-order valence-corrected chi connectivity index (χ0v) is 26.2. The number of Topliss-reactive ketones (excluding diaryl/α,β-unsaturated/α-hetero) is 1. The largest absolute Gasteiger partial charge is 0.292 e. The Kier molecular flexibility index (Phi) is 8.46. The van der Waals surface area contributed by atoms with Crippen molar-refractivity contribution in [1.82, 2.24) is 10.0 Å². The number of nitrogens with zero attached hydrogens (tertiary/aromatic N) is 3. The maximum Gasteiger partial charge on any atom is 0.282 e. The maximum atomic E-state index is 13.7. The summed E-state index contributed by atoms with van der Waals surface area (Å²) in [7, 11) is 0. The molecule has 0 spiro atoms. The van der Waals surface area contributed by atoms with Crippen molar-refractivity contribution < 1.29 is 24.1 Å². The lowest BCUT2D eigenvalue weighted by Gasteiger charge is -2.29. The van der Waals surface area contributed by atoms with Crippen LogP contribution in [0.15, 0.2) is 60.4 Å². The number of nitro groups is 1. The molecule has 38 heavy (non-hydrogen) atoms. The van der Waals surface area contributed by atoms with Crippen molar-refractivity contribution in [3.8, 4) is 0 Å². The highest BCUT2D eigenvalue weighted by Crippen LogP contribution is 2.45. The molecule has 0 bridgehead atoms. The third-order valence-corrected chi connectivity index (χ3v) is 10.7. The molecule has 1 heterocycles. The van der Waals surface area contributed by atoms with Gasteiger partial charge in [-0.3, -0.25) is 29.3 Å². The molecule has 0 radical (unpaired) electrons. The average Bonchev–Trinajstić information content (AvgIpc) is 3.14. The van der Waals surface area contributed by atoms with Gasteiger partial charge >= 0.3 is 0 Å². The first-order chi connectivity index (χ1) is 17.8. The molecule has 9 nitrogen and oxygen atoms in total. The summed E-state index contributed by atoms with van der Waals surface area (Å²) in [5, 5.41) is 12.4. The molecular weight excluding hydrogens is 805 g/mol. The third-order valence-electron chi connectivity index (χ3n) is 5.41. The van der Waals surface area contributed by atoms with Crippen LogP contribution in [0.25, 0.3) is 0 Å². The summed E-state index contributed by atoms with van der Waals surface area (Å²) in [5.41, 5.74) is -0.433. The van der Waals surface area contributed by atoms with Gasteiger partial charge in [-0.05, 0) is 94.1 Å². The molecular formula is C23H9Br4Cl2N3O6. The molecule has 0 unspecified atom stereocenters. The minimum Gasteiger partial charge on any atom is -0.292 e. The van der Waals surface area contributed by atoms with E-state index in [1.54, 1.807) is 0 Å². The van der Waals surface area contributed by atoms with E-state index in [2.05, 4.69) is 63.7 Å². The van der Waals surface area contributed by atoms with Gasteiger partial charge in [-0.2, -0.15) is 5.01 Å². The van der Waals surface area contributed by atoms with Crippen LogP contribution >= 0.6 is 86.9 Å². The van der Waals surface area contributed by atoms with Crippen LogP contribution in [0, 0.1) is 10.1 Å². The van der Waals surface area contributed by atoms with Crippen LogP contribution in [0.2, 0.25) is 10.0 Å². The van der Waals surface area contributed by atoms with Crippen molar-refractivity contribution in [1.29, 1.82) is 0 Å². The number of amides is 3. The van der Waals surface area contributed by atoms with E-state index < -0.39 is 35.0 Å². The SMILES string of the molecule is O=C(CN(C(=O)c1ccc(Cl)cc1Cl)N1C(=O)c2c(Br)c(Br)c(Br)c(Br)c2C1=O)c1ccc([N+](=O)[O-])cc1. The van der Waals surface area contributed by atoms with Crippen LogP contribution in [0.3, 0.4) is 0 Å². The molecule has 0 fully saturated rings. The van der Waals surface area contributed by atoms with Gasteiger partial charge in [0.25, 0.3) is 23.4 Å². The monoisotopic (exact) mass is 809 g/mol. The Morgan fingerprint density at radius 3 is 1.87 bits per heavy atom. The zero-order chi connectivity index (χ0) is 28.0. The highest BCUT2D eigenvalue weighted by molar-refractivity contribution is 9.15. The summed E-state index contributed by atoms with van der Waals surface area (Å²) in [6.07, 6.45) is 0. The molecule has 3 aromatic carbocycles. The van der Waals surface area contributed by atoms with Crippen molar-refractivity contribution in [3.05, 3.63) is 103 Å². The van der Waals surface area contributed by atoms with Crippen LogP contribution in [-0.4, -0.2) is 45.0 Å². The highest BCUT2D eigenvalue weighted by atomic mass is 79.9. The summed E-state index contributed by atoms with van der Waals surface area (Å²) in [5.74, 6) is -3.38. The molecule has 3 aromatic rings. The van der Waals surface area contributed by atoms with Crippen LogP contribution in [0.5, 0.6) is 0 Å². The topological polar surface area (TPSA) is 118 Å². The second-order valence-corrected chi connectivity index (χ2v) is 11.7. The minimum absolute atomic E-state index is 0.0139. The molecule has 194 valence electrons. The second-order valence-electron chi connectivity index (χ2n) is 7.64. The number of hydrogen-bond donors (Lipinski definition) is 0. The molecule has 0 saturated heterocycles. The number of halogens is 6. The van der Waals surface area contributed by atoms with Crippen LogP contribution in [-0.2, 0) is 0 Å². The fourth-order valence-corrected chi connectivity index (χ4v) is 6.53. The van der Waals surface area contributed by atoms with Gasteiger partial charge in [0.05, 0.1) is 26.6 Å². The number of ketones is 1. The number of rotatable bonds is 6. The van der Waals surface area contributed by atoms with Crippen molar-refractivity contribution in [2.75, 3.05) is 6.54 Å². The number of nitro benzene ring substituents is 1. The van der Waals surface area contributed by atoms with Gasteiger partial charge in [-0.15, -0.1) is 0 Å². The molecule has 4 rings (SSSR count). The number of hydrogen-bond acceptors (Lipinski definition) is 6. The molecule has 0 atom stereocenters. The smallest absolute Gasteiger partial charge is 0.282 e. The van der Waals surface area contributed by atoms with E-state index in [-0.39, 0.29) is 46.9 Å². The van der Waals surface area contributed by atoms with Crippen LogP contribution < -0.4 is 0 Å². The number of benzene rings is 3. The Balaban J connectivity index is 1.82. The number of fused-ring (bicyclic) bond motifs is 1. The fourth-order valence-electron chi connectivity index (χ4n) is 3.59. The van der Waals surface area contributed by atoms with Crippen LogP contribution in [0.1, 0.15) is 41.4 Å². The number of carbonyl (C=O) groups is 4. The third kappa shape index (κ3) is 5.07. The van der Waals surface area contributed by atoms with E-state index in [0.29, 0.717) is 19.0 Å². The molecule has 0 aliphatic carbocycles. The lowest BCUT2D eigenvalue weighted by Crippen LogP contribution is -2.51. The Labute approximate surface area is 257 Å². The van der Waals surface area contributed by atoms with Crippen molar-refractivity contribution in [2.45, 2.75) is 0 Å². The minimum atomic E-state index is -0.929. The number of non-ortho nitro benzene ring substituents is 1. The second kappa shape index (κ2) is 11.1. The van der Waals surface area contributed by atoms with Crippen molar-refractivity contribution in [3.63, 3.8) is 0 Å². The summed E-state index contributed by atoms with van der Waals surface area (Å²) < 4.78 is 1.38. The summed E-state index contributed by atoms with van der Waals surface area (Å²) in [4.78, 5) is 64.4. The predicted molar refractivity (Wildman–Crippen MR) is 153 cm³/mol. The number of imide groups is 1. The van der Waals surface area contributed by atoms with E-state index in [9.17, 15) is 29.3 Å². The van der Waals surface area contributed by atoms with E-state index in [1.807, 2.05) is 0 Å². The van der Waals surface area contributed by atoms with Crippen molar-refractivity contribution in [2.24, 2.45) is 0 Å². The molecule has 0 N–H and O–H groups in total. The van der Waals surface area contributed by atoms with E-state index in [4.69, 9.17) is 23.2 Å². The Bertz CT molecular complexity index is 1540. The highest BCUT2D eigenvalue weighted by Gasteiger charge is 2.46. The number of carbonyl (C=O) groups excluding carboxylic acids is 4. The van der Waals surface area contributed by atoms with E-state index >= 15 is 0 Å². The van der Waals surface area contributed by atoms with Gasteiger partial charge in [0.2, 0.25) is 0 Å². The quantitative estimate of drug-likeness (QED) is 0.0636.